The monoisotopic (exact) mass is 131 g/mol. The second-order valence-corrected chi connectivity index (χ2v) is 0.583. The van der Waals surface area contributed by atoms with Gasteiger partial charge >= 0.3 is 5.97 Å². The molecule has 0 aromatic carbocycles. The topological polar surface area (TPSA) is 46.5 Å². The van der Waals surface area contributed by atoms with Crippen LogP contribution in [0.3, 0.4) is 0 Å². The molecule has 0 aliphatic carbocycles. The second-order valence-electron chi connectivity index (χ2n) is 0.583. The third kappa shape index (κ3) is 9.04. The van der Waals surface area contributed by atoms with Gasteiger partial charge in [0.15, 0.2) is 0 Å². The average Bonchev–Trinajstić information content (AvgIpc) is 1.38. The van der Waals surface area contributed by atoms with Crippen LogP contribution in [0.25, 0.3) is 0 Å². The van der Waals surface area contributed by atoms with Crippen LogP contribution in [0.4, 0.5) is 0 Å². The number of hydrogen-bond acceptors (Lipinski definition) is 3. The van der Waals surface area contributed by atoms with Crippen molar-refractivity contribution in [2.24, 2.45) is 0 Å². The molecule has 0 spiro atoms. The minimum absolute atomic E-state index is 0. The second kappa shape index (κ2) is 4.95. The quantitative estimate of drug-likeness (QED) is 0.286. The zero-order chi connectivity index (χ0) is 4.28. The third-order valence-corrected chi connectivity index (χ3v) is 0.129. The van der Waals surface area contributed by atoms with Gasteiger partial charge in [-0.3, -0.25) is 0 Å². The van der Waals surface area contributed by atoms with Gasteiger partial charge in [-0.2, -0.15) is 5.26 Å². The van der Waals surface area contributed by atoms with E-state index in [2.05, 4.69) is 4.89 Å². The minimum Gasteiger partial charge on any atom is -0.301 e. The molecule has 0 saturated heterocycles. The third-order valence-electron chi connectivity index (χ3n) is 0.129. The van der Waals surface area contributed by atoms with Gasteiger partial charge in [-0.15, -0.1) is 0 Å². The van der Waals surface area contributed by atoms with E-state index in [9.17, 15) is 4.79 Å². The first kappa shape index (κ1) is 9.34. The molecule has 0 atom stereocenters. The Morgan fingerprint density at radius 3 is 2.00 bits per heavy atom. The molecule has 0 heterocycles. The Balaban J connectivity index is 0. The zero-order valence-corrected chi connectivity index (χ0v) is 4.32. The van der Waals surface area contributed by atoms with E-state index in [4.69, 9.17) is 5.26 Å². The summed E-state index contributed by atoms with van der Waals surface area (Å²) in [6, 6.07) is 0. The fraction of sp³-hybridized carbons (Fsp3) is 0.500. The van der Waals surface area contributed by atoms with Crippen LogP contribution in [0, 0.1) is 0 Å². The van der Waals surface area contributed by atoms with Gasteiger partial charge in [-0.25, -0.2) is 4.79 Å². The zero-order valence-electron chi connectivity index (χ0n) is 3.14. The fourth-order valence-electron chi connectivity index (χ4n) is 0. The maximum atomic E-state index is 9.34. The molecule has 3 nitrogen and oxygen atoms in total. The molecule has 0 unspecified atom stereocenters. The average molecular weight is 131 g/mol. The molecular weight excluding hydrogens is 127 g/mol. The Kier molecular flexibility index (Phi) is 7.71. The van der Waals surface area contributed by atoms with Crippen LogP contribution < -0.4 is 0 Å². The Hall–Kier alpha value is -0.0505. The summed E-state index contributed by atoms with van der Waals surface area (Å²) >= 11 is 0. The van der Waals surface area contributed by atoms with Crippen molar-refractivity contribution in [3.63, 3.8) is 0 Å². The minimum atomic E-state index is -0.690. The summed E-state index contributed by atoms with van der Waals surface area (Å²) in [5.41, 5.74) is 0. The molecule has 4 heteroatoms. The van der Waals surface area contributed by atoms with Crippen LogP contribution in [0.1, 0.15) is 6.92 Å². The molecule has 0 saturated carbocycles. The van der Waals surface area contributed by atoms with Crippen LogP contribution in [-0.4, -0.2) is 11.2 Å². The van der Waals surface area contributed by atoms with E-state index in [1.807, 2.05) is 0 Å². The molecule has 1 radical (unpaired) electrons. The van der Waals surface area contributed by atoms with E-state index in [0.717, 1.165) is 6.92 Å². The first-order chi connectivity index (χ1) is 2.27. The first-order valence-electron chi connectivity index (χ1n) is 1.09. The molecule has 0 bridgehead atoms. The summed E-state index contributed by atoms with van der Waals surface area (Å²) < 4.78 is 0. The van der Waals surface area contributed by atoms with Crippen molar-refractivity contribution < 1.29 is 32.0 Å². The predicted molar refractivity (Wildman–Crippen MR) is 14.4 cm³/mol. The van der Waals surface area contributed by atoms with Crippen molar-refractivity contribution in [1.29, 1.82) is 0 Å². The van der Waals surface area contributed by atoms with Crippen molar-refractivity contribution in [2.45, 2.75) is 6.92 Å². The van der Waals surface area contributed by atoms with Crippen molar-refractivity contribution in [3.05, 3.63) is 0 Å². The number of carbonyl (C=O) groups excluding carboxylic acids is 1. The summed E-state index contributed by atoms with van der Waals surface area (Å²) in [6.45, 7) is 1.11. The smallest absolute Gasteiger partial charge is 0.301 e. The van der Waals surface area contributed by atoms with E-state index in [1.54, 1.807) is 0 Å². The molecule has 0 rings (SSSR count). The van der Waals surface area contributed by atoms with Gasteiger partial charge in [0.1, 0.15) is 0 Å². The summed E-state index contributed by atoms with van der Waals surface area (Å²) in [5, 5.41) is 7.29. The van der Waals surface area contributed by atoms with Crippen molar-refractivity contribution in [3.8, 4) is 0 Å². The standard InChI is InChI=1S/C2H4O3.Mn/c1-2(3)5-4;/h4H,1H3;. The van der Waals surface area contributed by atoms with Crippen LogP contribution >= 0.6 is 0 Å². The largest absolute Gasteiger partial charge is 0.339 e. The number of rotatable bonds is 0. The van der Waals surface area contributed by atoms with Crippen LogP contribution in [0.2, 0.25) is 0 Å². The molecular formula is C2H4MnO3. The maximum absolute atomic E-state index is 9.34. The van der Waals surface area contributed by atoms with Gasteiger partial charge in [0, 0.05) is 24.0 Å². The van der Waals surface area contributed by atoms with Gasteiger partial charge in [-0.05, 0) is 0 Å². The van der Waals surface area contributed by atoms with Crippen molar-refractivity contribution in [2.75, 3.05) is 0 Å². The van der Waals surface area contributed by atoms with Gasteiger partial charge in [-0.1, -0.05) is 0 Å². The first-order valence-corrected chi connectivity index (χ1v) is 1.09. The Morgan fingerprint density at radius 2 is 2.00 bits per heavy atom. The molecule has 0 aliphatic rings. The number of hydrogen-bond donors (Lipinski definition) is 1. The van der Waals surface area contributed by atoms with Gasteiger partial charge in [0.25, 0.3) is 0 Å². The normalized spacial score (nSPS) is 5.67. The summed E-state index contributed by atoms with van der Waals surface area (Å²) in [5.74, 6) is -0.690. The number of carbonyl (C=O) groups is 1. The van der Waals surface area contributed by atoms with E-state index in [1.165, 1.54) is 0 Å². The van der Waals surface area contributed by atoms with E-state index in [-0.39, 0.29) is 17.1 Å². The van der Waals surface area contributed by atoms with Crippen LogP contribution in [0.5, 0.6) is 0 Å². The Morgan fingerprint density at radius 1 is 1.83 bits per heavy atom. The molecule has 0 aliphatic heterocycles. The summed E-state index contributed by atoms with van der Waals surface area (Å²) in [7, 11) is 0. The molecule has 6 heavy (non-hydrogen) atoms. The van der Waals surface area contributed by atoms with E-state index >= 15 is 0 Å². The van der Waals surface area contributed by atoms with E-state index in [0.29, 0.717) is 0 Å². The van der Waals surface area contributed by atoms with Crippen molar-refractivity contribution in [1.82, 2.24) is 0 Å². The summed E-state index contributed by atoms with van der Waals surface area (Å²) in [4.78, 5) is 12.5. The molecule has 1 N–H and O–H groups in total. The summed E-state index contributed by atoms with van der Waals surface area (Å²) in [6.07, 6.45) is 0. The van der Waals surface area contributed by atoms with Crippen LogP contribution in [0.15, 0.2) is 0 Å². The maximum Gasteiger partial charge on any atom is 0.339 e. The Labute approximate surface area is 45.7 Å². The molecule has 0 aromatic rings. The molecule has 37 valence electrons. The molecule has 0 amide bonds. The van der Waals surface area contributed by atoms with Gasteiger partial charge in [0.2, 0.25) is 0 Å². The SMILES string of the molecule is CC(=O)OO.[Mn]. The van der Waals surface area contributed by atoms with Crippen molar-refractivity contribution >= 4 is 5.97 Å². The molecule has 0 fully saturated rings. The van der Waals surface area contributed by atoms with E-state index < -0.39 is 5.97 Å². The molecule has 0 aromatic heterocycles. The fourth-order valence-corrected chi connectivity index (χ4v) is 0. The predicted octanol–water partition coefficient (Wildman–Crippen LogP) is 0.0200. The van der Waals surface area contributed by atoms with Gasteiger partial charge in [0.05, 0.1) is 0 Å². The van der Waals surface area contributed by atoms with Crippen LogP contribution in [-0.2, 0) is 26.8 Å². The Bertz CT molecular complexity index is 44.1. The van der Waals surface area contributed by atoms with Gasteiger partial charge < -0.3 is 4.89 Å².